The quantitative estimate of drug-likeness (QED) is 0.793. The molecule has 17 heavy (non-hydrogen) atoms. The molecule has 0 bridgehead atoms. The molecule has 0 saturated heterocycles. The van der Waals surface area contributed by atoms with Crippen LogP contribution in [0.5, 0.6) is 0 Å². The summed E-state index contributed by atoms with van der Waals surface area (Å²) in [5.74, 6) is 0.00399. The van der Waals surface area contributed by atoms with Crippen molar-refractivity contribution in [1.82, 2.24) is 4.72 Å². The molecule has 1 rings (SSSR count). The van der Waals surface area contributed by atoms with E-state index in [1.54, 1.807) is 0 Å². The van der Waals surface area contributed by atoms with E-state index in [9.17, 15) is 13.2 Å². The summed E-state index contributed by atoms with van der Waals surface area (Å²) >= 11 is 5.40. The Kier molecular flexibility index (Phi) is 4.92. The number of benzene rings is 1. The molecule has 0 spiro atoms. The second kappa shape index (κ2) is 6.00. The van der Waals surface area contributed by atoms with Crippen molar-refractivity contribution in [2.75, 3.05) is 17.7 Å². The zero-order chi connectivity index (χ0) is 12.9. The third-order valence-corrected chi connectivity index (χ3v) is 3.54. The van der Waals surface area contributed by atoms with Crippen LogP contribution in [0.25, 0.3) is 0 Å². The highest BCUT2D eigenvalue weighted by atomic mass is 35.5. The molecule has 0 aliphatic heterocycles. The van der Waals surface area contributed by atoms with Gasteiger partial charge in [-0.1, -0.05) is 0 Å². The first-order valence-electron chi connectivity index (χ1n) is 4.89. The second-order valence-electron chi connectivity index (χ2n) is 3.29. The number of carbonyl (C=O) groups excluding carboxylic acids is 1. The number of nitrogens with one attached hydrogen (secondary N) is 2. The normalized spacial score (nSPS) is 11.2. The fourth-order valence-corrected chi connectivity index (χ4v) is 2.42. The summed E-state index contributed by atoms with van der Waals surface area (Å²) < 4.78 is 25.7. The van der Waals surface area contributed by atoms with Crippen LogP contribution in [-0.2, 0) is 14.8 Å². The zero-order valence-electron chi connectivity index (χ0n) is 9.23. The van der Waals surface area contributed by atoms with Crippen LogP contribution in [-0.4, -0.2) is 26.7 Å². The topological polar surface area (TPSA) is 75.3 Å². The lowest BCUT2D eigenvalue weighted by Gasteiger charge is -2.06. The minimum atomic E-state index is -3.51. The molecule has 0 unspecified atom stereocenters. The van der Waals surface area contributed by atoms with Gasteiger partial charge < -0.3 is 5.32 Å². The van der Waals surface area contributed by atoms with Crippen LogP contribution in [0.4, 0.5) is 5.69 Å². The maximum Gasteiger partial charge on any atom is 0.240 e. The van der Waals surface area contributed by atoms with E-state index in [-0.39, 0.29) is 23.2 Å². The van der Waals surface area contributed by atoms with E-state index in [2.05, 4.69) is 10.0 Å². The zero-order valence-corrected chi connectivity index (χ0v) is 10.8. The van der Waals surface area contributed by atoms with Crippen LogP contribution in [0.1, 0.15) is 6.92 Å². The van der Waals surface area contributed by atoms with Crippen LogP contribution in [0.2, 0.25) is 0 Å². The van der Waals surface area contributed by atoms with E-state index in [1.807, 2.05) is 0 Å². The largest absolute Gasteiger partial charge is 0.326 e. The van der Waals surface area contributed by atoms with Crippen molar-refractivity contribution in [2.24, 2.45) is 0 Å². The van der Waals surface area contributed by atoms with Gasteiger partial charge in [0.15, 0.2) is 0 Å². The van der Waals surface area contributed by atoms with Crippen molar-refractivity contribution in [3.63, 3.8) is 0 Å². The smallest absolute Gasteiger partial charge is 0.240 e. The Hall–Kier alpha value is -1.11. The third-order valence-electron chi connectivity index (χ3n) is 1.87. The molecular formula is C10H13ClN2O3S. The van der Waals surface area contributed by atoms with Crippen molar-refractivity contribution in [1.29, 1.82) is 0 Å². The van der Waals surface area contributed by atoms with Crippen LogP contribution >= 0.6 is 11.6 Å². The molecule has 0 fully saturated rings. The first-order chi connectivity index (χ1) is 7.95. The van der Waals surface area contributed by atoms with Gasteiger partial charge in [0, 0.05) is 25.0 Å². The lowest BCUT2D eigenvalue weighted by atomic mass is 10.3. The van der Waals surface area contributed by atoms with Gasteiger partial charge in [0.25, 0.3) is 0 Å². The SMILES string of the molecule is CC(=O)Nc1ccc(S(=O)(=O)NCCCl)cc1. The lowest BCUT2D eigenvalue weighted by Crippen LogP contribution is -2.25. The molecule has 7 heteroatoms. The molecule has 2 N–H and O–H groups in total. The molecule has 5 nitrogen and oxygen atoms in total. The average molecular weight is 277 g/mol. The van der Waals surface area contributed by atoms with Crippen LogP contribution < -0.4 is 10.0 Å². The molecule has 0 heterocycles. The fraction of sp³-hybridized carbons (Fsp3) is 0.300. The number of hydrogen-bond donors (Lipinski definition) is 2. The van der Waals surface area contributed by atoms with Gasteiger partial charge in [-0.3, -0.25) is 4.79 Å². The van der Waals surface area contributed by atoms with Crippen molar-refractivity contribution in [3.05, 3.63) is 24.3 Å². The first-order valence-corrected chi connectivity index (χ1v) is 6.91. The molecule has 1 aromatic carbocycles. The second-order valence-corrected chi connectivity index (χ2v) is 5.44. The number of anilines is 1. The minimum absolute atomic E-state index is 0.136. The molecule has 0 atom stereocenters. The number of halogens is 1. The lowest BCUT2D eigenvalue weighted by molar-refractivity contribution is -0.114. The van der Waals surface area contributed by atoms with Crippen molar-refractivity contribution >= 4 is 33.2 Å². The number of carbonyl (C=O) groups is 1. The monoisotopic (exact) mass is 276 g/mol. The van der Waals surface area contributed by atoms with Crippen molar-refractivity contribution < 1.29 is 13.2 Å². The molecule has 1 amide bonds. The van der Waals surface area contributed by atoms with E-state index < -0.39 is 10.0 Å². The summed E-state index contributed by atoms with van der Waals surface area (Å²) in [6.45, 7) is 1.56. The highest BCUT2D eigenvalue weighted by Crippen LogP contribution is 2.13. The maximum atomic E-state index is 11.7. The molecule has 1 aromatic rings. The standard InChI is InChI=1S/C10H13ClN2O3S/c1-8(14)13-9-2-4-10(5-3-9)17(15,16)12-7-6-11/h2-5,12H,6-7H2,1H3,(H,13,14). The van der Waals surface area contributed by atoms with E-state index in [4.69, 9.17) is 11.6 Å². The van der Waals surface area contributed by atoms with Gasteiger partial charge in [0.1, 0.15) is 0 Å². The fourth-order valence-electron chi connectivity index (χ4n) is 1.18. The summed E-state index contributed by atoms with van der Waals surface area (Å²) in [4.78, 5) is 10.9. The number of hydrogen-bond acceptors (Lipinski definition) is 3. The third kappa shape index (κ3) is 4.33. The molecule has 0 saturated carbocycles. The first kappa shape index (κ1) is 14.0. The highest BCUT2D eigenvalue weighted by molar-refractivity contribution is 7.89. The molecule has 0 radical (unpaired) electrons. The Labute approximate surface area is 105 Å². The summed E-state index contributed by atoms with van der Waals surface area (Å²) in [6.07, 6.45) is 0. The summed E-state index contributed by atoms with van der Waals surface area (Å²) in [6, 6.07) is 5.89. The van der Waals surface area contributed by atoms with Gasteiger partial charge >= 0.3 is 0 Å². The van der Waals surface area contributed by atoms with E-state index in [1.165, 1.54) is 31.2 Å². The Morgan fingerprint density at radius 1 is 1.29 bits per heavy atom. The highest BCUT2D eigenvalue weighted by Gasteiger charge is 2.12. The summed E-state index contributed by atoms with van der Waals surface area (Å²) in [5.41, 5.74) is 0.550. The molecular weight excluding hydrogens is 264 g/mol. The predicted octanol–water partition coefficient (Wildman–Crippen LogP) is 1.16. The molecule has 0 aromatic heterocycles. The molecule has 94 valence electrons. The number of alkyl halides is 1. The van der Waals surface area contributed by atoms with Gasteiger partial charge in [-0.25, -0.2) is 13.1 Å². The number of amides is 1. The number of sulfonamides is 1. The average Bonchev–Trinajstić information content (AvgIpc) is 2.26. The van der Waals surface area contributed by atoms with Crippen LogP contribution in [0, 0.1) is 0 Å². The maximum absolute atomic E-state index is 11.7. The van der Waals surface area contributed by atoms with Crippen molar-refractivity contribution in [3.8, 4) is 0 Å². The van der Waals surface area contributed by atoms with E-state index in [0.717, 1.165) is 0 Å². The van der Waals surface area contributed by atoms with Crippen LogP contribution in [0.3, 0.4) is 0 Å². The summed E-state index contributed by atoms with van der Waals surface area (Å²) in [7, 11) is -3.51. The van der Waals surface area contributed by atoms with Gasteiger partial charge in [-0.05, 0) is 24.3 Å². The Morgan fingerprint density at radius 3 is 2.35 bits per heavy atom. The van der Waals surface area contributed by atoms with Gasteiger partial charge in [0.05, 0.1) is 4.90 Å². The molecule has 0 aliphatic rings. The minimum Gasteiger partial charge on any atom is -0.326 e. The predicted molar refractivity (Wildman–Crippen MR) is 66.7 cm³/mol. The Morgan fingerprint density at radius 2 is 1.88 bits per heavy atom. The Balaban J connectivity index is 2.83. The van der Waals surface area contributed by atoms with Gasteiger partial charge in [0.2, 0.25) is 15.9 Å². The summed E-state index contributed by atoms with van der Waals surface area (Å²) in [5, 5.41) is 2.55. The van der Waals surface area contributed by atoms with Crippen molar-refractivity contribution in [2.45, 2.75) is 11.8 Å². The molecule has 0 aliphatic carbocycles. The Bertz CT molecular complexity index is 485. The van der Waals surface area contributed by atoms with E-state index in [0.29, 0.717) is 5.69 Å². The number of rotatable bonds is 5. The van der Waals surface area contributed by atoms with Gasteiger partial charge in [-0.2, -0.15) is 0 Å². The van der Waals surface area contributed by atoms with E-state index >= 15 is 0 Å². The van der Waals surface area contributed by atoms with Crippen LogP contribution in [0.15, 0.2) is 29.2 Å². The van der Waals surface area contributed by atoms with Gasteiger partial charge in [-0.15, -0.1) is 11.6 Å².